The Balaban J connectivity index is 1.57. The molecule has 2 fully saturated rings. The lowest BCUT2D eigenvalue weighted by molar-refractivity contribution is -0.122. The normalized spacial score (nSPS) is 23.2. The van der Waals surface area contributed by atoms with Crippen molar-refractivity contribution in [3.05, 3.63) is 40.9 Å². The van der Waals surface area contributed by atoms with Crippen molar-refractivity contribution in [2.24, 2.45) is 11.8 Å². The van der Waals surface area contributed by atoms with Gasteiger partial charge in [-0.3, -0.25) is 9.59 Å². The van der Waals surface area contributed by atoms with E-state index in [0.717, 1.165) is 30.6 Å². The molecule has 0 N–H and O–H groups in total. The lowest BCUT2D eigenvalue weighted by Gasteiger charge is -2.19. The Hall–Kier alpha value is -2.28. The van der Waals surface area contributed by atoms with Gasteiger partial charge in [0.15, 0.2) is 0 Å². The second kappa shape index (κ2) is 6.22. The predicted octanol–water partition coefficient (Wildman–Crippen LogP) is 2.80. The number of carbonyl (C=O) groups is 2. The standard InChI is InChI=1S/C17H16ClFN4O2/c18-14-7-11(19)6-5-10(14)8-22-9-20-17(21-22)23-15(24)12-3-1-2-4-13(12)16(23)25/h5-7,9,12-13H,1-4,8H2/t12-,13+. The van der Waals surface area contributed by atoms with E-state index in [0.29, 0.717) is 5.56 Å². The largest absolute Gasteiger partial charge is 0.274 e. The molecule has 1 saturated heterocycles. The Bertz CT molecular complexity index is 829. The van der Waals surface area contributed by atoms with Crippen molar-refractivity contribution in [1.29, 1.82) is 0 Å². The molecule has 4 rings (SSSR count). The van der Waals surface area contributed by atoms with Crippen LogP contribution in [0.2, 0.25) is 5.02 Å². The zero-order valence-electron chi connectivity index (χ0n) is 13.4. The molecule has 1 aliphatic heterocycles. The van der Waals surface area contributed by atoms with E-state index in [4.69, 9.17) is 11.6 Å². The van der Waals surface area contributed by atoms with Crippen molar-refractivity contribution >= 4 is 29.4 Å². The van der Waals surface area contributed by atoms with Crippen LogP contribution in [0.1, 0.15) is 31.2 Å². The van der Waals surface area contributed by atoms with Crippen LogP contribution in [0, 0.1) is 17.7 Å². The van der Waals surface area contributed by atoms with Gasteiger partial charge >= 0.3 is 0 Å². The summed E-state index contributed by atoms with van der Waals surface area (Å²) in [5.41, 5.74) is 0.673. The van der Waals surface area contributed by atoms with E-state index in [1.807, 2.05) is 0 Å². The summed E-state index contributed by atoms with van der Waals surface area (Å²) in [6, 6.07) is 4.12. The zero-order valence-corrected chi connectivity index (χ0v) is 14.1. The van der Waals surface area contributed by atoms with Crippen LogP contribution >= 0.6 is 11.6 Å². The minimum Gasteiger partial charge on any atom is -0.274 e. The fourth-order valence-electron chi connectivity index (χ4n) is 3.65. The molecule has 2 amide bonds. The summed E-state index contributed by atoms with van der Waals surface area (Å²) in [5.74, 6) is -1.19. The highest BCUT2D eigenvalue weighted by Gasteiger charge is 2.50. The summed E-state index contributed by atoms with van der Waals surface area (Å²) < 4.78 is 14.6. The Morgan fingerprint density at radius 3 is 2.48 bits per heavy atom. The maximum Gasteiger partial charge on any atom is 0.258 e. The molecule has 0 radical (unpaired) electrons. The van der Waals surface area contributed by atoms with Crippen molar-refractivity contribution in [2.75, 3.05) is 4.90 Å². The molecule has 6 nitrogen and oxygen atoms in total. The van der Waals surface area contributed by atoms with Crippen LogP contribution in [0.3, 0.4) is 0 Å². The Morgan fingerprint density at radius 2 is 1.84 bits per heavy atom. The van der Waals surface area contributed by atoms with Crippen LogP contribution in [-0.2, 0) is 16.1 Å². The highest BCUT2D eigenvalue weighted by atomic mass is 35.5. The molecule has 1 aliphatic carbocycles. The monoisotopic (exact) mass is 362 g/mol. The number of anilines is 1. The number of fused-ring (bicyclic) bond motifs is 1. The summed E-state index contributed by atoms with van der Waals surface area (Å²) in [6.45, 7) is 0.273. The van der Waals surface area contributed by atoms with Crippen LogP contribution in [0.4, 0.5) is 10.3 Å². The van der Waals surface area contributed by atoms with Gasteiger partial charge in [0.05, 0.1) is 18.4 Å². The van der Waals surface area contributed by atoms with Gasteiger partial charge in [-0.1, -0.05) is 30.5 Å². The highest BCUT2D eigenvalue weighted by molar-refractivity contribution is 6.31. The van der Waals surface area contributed by atoms with Crippen molar-refractivity contribution in [1.82, 2.24) is 14.8 Å². The topological polar surface area (TPSA) is 68.1 Å². The highest BCUT2D eigenvalue weighted by Crippen LogP contribution is 2.39. The number of nitrogens with zero attached hydrogens (tertiary/aromatic N) is 4. The number of amides is 2. The van der Waals surface area contributed by atoms with Gasteiger partial charge in [0.1, 0.15) is 12.1 Å². The maximum atomic E-state index is 13.1. The zero-order chi connectivity index (χ0) is 17.6. The molecular weight excluding hydrogens is 347 g/mol. The van der Waals surface area contributed by atoms with Crippen molar-refractivity contribution in [2.45, 2.75) is 32.2 Å². The van der Waals surface area contributed by atoms with Crippen LogP contribution in [0.25, 0.3) is 0 Å². The smallest absolute Gasteiger partial charge is 0.258 e. The summed E-state index contributed by atoms with van der Waals surface area (Å²) >= 11 is 6.02. The van der Waals surface area contributed by atoms with E-state index in [9.17, 15) is 14.0 Å². The van der Waals surface area contributed by atoms with Crippen LogP contribution in [0.5, 0.6) is 0 Å². The molecule has 2 aromatic rings. The number of benzene rings is 1. The van der Waals surface area contributed by atoms with Crippen molar-refractivity contribution in [3.63, 3.8) is 0 Å². The minimum absolute atomic E-state index is 0.0997. The number of imide groups is 1. The van der Waals surface area contributed by atoms with Crippen LogP contribution in [-0.4, -0.2) is 26.6 Å². The van der Waals surface area contributed by atoms with Crippen molar-refractivity contribution < 1.29 is 14.0 Å². The van der Waals surface area contributed by atoms with E-state index < -0.39 is 5.82 Å². The average Bonchev–Trinajstić information content (AvgIpc) is 3.14. The van der Waals surface area contributed by atoms with E-state index in [-0.39, 0.29) is 41.2 Å². The van der Waals surface area contributed by atoms with Gasteiger partial charge in [-0.25, -0.2) is 14.0 Å². The minimum atomic E-state index is -0.413. The van der Waals surface area contributed by atoms with Gasteiger partial charge in [-0.05, 0) is 30.5 Å². The third-order valence-corrected chi connectivity index (χ3v) is 5.26. The van der Waals surface area contributed by atoms with Crippen molar-refractivity contribution in [3.8, 4) is 0 Å². The number of halogens is 2. The molecule has 0 bridgehead atoms. The third-order valence-electron chi connectivity index (χ3n) is 4.91. The fraction of sp³-hybridized carbons (Fsp3) is 0.412. The molecule has 0 spiro atoms. The average molecular weight is 363 g/mol. The van der Waals surface area contributed by atoms with E-state index in [1.165, 1.54) is 23.1 Å². The number of hydrogen-bond donors (Lipinski definition) is 0. The molecule has 130 valence electrons. The third kappa shape index (κ3) is 2.82. The second-order valence-electron chi connectivity index (χ2n) is 6.49. The first-order valence-electron chi connectivity index (χ1n) is 8.26. The van der Waals surface area contributed by atoms with Gasteiger partial charge in [-0.2, -0.15) is 4.98 Å². The Morgan fingerprint density at radius 1 is 1.16 bits per heavy atom. The SMILES string of the molecule is O=C1[C@H]2CCCC[C@H]2C(=O)N1c1ncn(Cc2ccc(F)cc2Cl)n1. The summed E-state index contributed by atoms with van der Waals surface area (Å²) in [6.07, 6.45) is 4.88. The van der Waals surface area contributed by atoms with Gasteiger partial charge in [0, 0.05) is 5.02 Å². The fourth-order valence-corrected chi connectivity index (χ4v) is 3.87. The Kier molecular flexibility index (Phi) is 4.03. The molecule has 2 aliphatic rings. The van der Waals surface area contributed by atoms with Gasteiger partial charge in [0.2, 0.25) is 11.8 Å². The summed E-state index contributed by atoms with van der Waals surface area (Å²) in [5, 5.41) is 4.54. The van der Waals surface area contributed by atoms with Gasteiger partial charge < -0.3 is 0 Å². The summed E-state index contributed by atoms with van der Waals surface area (Å²) in [7, 11) is 0. The molecule has 2 atom stereocenters. The molecular formula is C17H16ClFN4O2. The van der Waals surface area contributed by atoms with Crippen LogP contribution < -0.4 is 4.90 Å². The quantitative estimate of drug-likeness (QED) is 0.787. The van der Waals surface area contributed by atoms with Gasteiger partial charge in [-0.15, -0.1) is 5.10 Å². The molecule has 2 heterocycles. The van der Waals surface area contributed by atoms with Gasteiger partial charge in [0.25, 0.3) is 5.95 Å². The van der Waals surface area contributed by atoms with Crippen LogP contribution in [0.15, 0.2) is 24.5 Å². The molecule has 8 heteroatoms. The lowest BCUT2D eigenvalue weighted by Crippen LogP contribution is -2.32. The first kappa shape index (κ1) is 16.2. The first-order chi connectivity index (χ1) is 12.0. The number of aromatic nitrogens is 3. The molecule has 25 heavy (non-hydrogen) atoms. The number of hydrogen-bond acceptors (Lipinski definition) is 4. The predicted molar refractivity (Wildman–Crippen MR) is 88.5 cm³/mol. The second-order valence-corrected chi connectivity index (χ2v) is 6.89. The Labute approximate surface area is 148 Å². The maximum absolute atomic E-state index is 13.1. The molecule has 0 unspecified atom stereocenters. The van der Waals surface area contributed by atoms with E-state index >= 15 is 0 Å². The number of carbonyl (C=O) groups excluding carboxylic acids is 2. The van der Waals surface area contributed by atoms with E-state index in [1.54, 1.807) is 6.07 Å². The molecule has 1 saturated carbocycles. The summed E-state index contributed by atoms with van der Waals surface area (Å²) in [4.78, 5) is 30.4. The molecule has 1 aromatic heterocycles. The molecule has 1 aromatic carbocycles. The van der Waals surface area contributed by atoms with E-state index in [2.05, 4.69) is 10.1 Å². The first-order valence-corrected chi connectivity index (χ1v) is 8.63. The number of rotatable bonds is 3. The lowest BCUT2D eigenvalue weighted by atomic mass is 9.81.